The highest BCUT2D eigenvalue weighted by Crippen LogP contribution is 2.17. The van der Waals surface area contributed by atoms with E-state index in [1.165, 1.54) is 0 Å². The van der Waals surface area contributed by atoms with Crippen LogP contribution in [0.15, 0.2) is 0 Å². The topological polar surface area (TPSA) is 60.7 Å². The van der Waals surface area contributed by atoms with Crippen LogP contribution in [0.1, 0.15) is 57.8 Å². The van der Waals surface area contributed by atoms with Gasteiger partial charge in [-0.3, -0.25) is 0 Å². The van der Waals surface area contributed by atoms with Crippen LogP contribution >= 0.6 is 0 Å². The van der Waals surface area contributed by atoms with Gasteiger partial charge in [-0.25, -0.2) is 0 Å². The third-order valence-electron chi connectivity index (χ3n) is 3.19. The van der Waals surface area contributed by atoms with Gasteiger partial charge in [-0.1, -0.05) is 25.7 Å². The maximum Gasteiger partial charge on any atom is 0.0564 e. The molecule has 0 saturated heterocycles. The molecule has 1 aliphatic carbocycles. The molecule has 0 spiro atoms. The summed E-state index contributed by atoms with van der Waals surface area (Å²) in [6, 6.07) is 0. The Morgan fingerprint density at radius 3 is 1.27 bits per heavy atom. The Kier molecular flexibility index (Phi) is 6.22. The monoisotopic (exact) mass is 216 g/mol. The number of hydrogen-bond donors (Lipinski definition) is 3. The highest BCUT2D eigenvalue weighted by atomic mass is 16.3. The van der Waals surface area contributed by atoms with E-state index in [-0.39, 0.29) is 18.3 Å². The molecule has 1 saturated carbocycles. The van der Waals surface area contributed by atoms with Crippen LogP contribution < -0.4 is 0 Å². The molecule has 0 radical (unpaired) electrons. The van der Waals surface area contributed by atoms with E-state index in [0.29, 0.717) is 6.42 Å². The van der Waals surface area contributed by atoms with E-state index in [9.17, 15) is 15.3 Å². The number of aliphatic hydroxyl groups is 3. The Labute approximate surface area is 92.1 Å². The van der Waals surface area contributed by atoms with Crippen LogP contribution in [-0.2, 0) is 0 Å². The smallest absolute Gasteiger partial charge is 0.0564 e. The highest BCUT2D eigenvalue weighted by Gasteiger charge is 2.13. The third kappa shape index (κ3) is 6.13. The summed E-state index contributed by atoms with van der Waals surface area (Å²) in [7, 11) is 0. The summed E-state index contributed by atoms with van der Waals surface area (Å²) < 4.78 is 0. The molecule has 3 heteroatoms. The SMILES string of the molecule is OC1CCCCC(O)CC(O)CCCC1. The van der Waals surface area contributed by atoms with Gasteiger partial charge in [-0.2, -0.15) is 0 Å². The summed E-state index contributed by atoms with van der Waals surface area (Å²) in [5.41, 5.74) is 0. The summed E-state index contributed by atoms with van der Waals surface area (Å²) >= 11 is 0. The van der Waals surface area contributed by atoms with Crippen LogP contribution in [-0.4, -0.2) is 33.6 Å². The van der Waals surface area contributed by atoms with E-state index < -0.39 is 0 Å². The Bertz CT molecular complexity index is 145. The van der Waals surface area contributed by atoms with Crippen molar-refractivity contribution >= 4 is 0 Å². The number of aliphatic hydroxyl groups excluding tert-OH is 3. The van der Waals surface area contributed by atoms with Gasteiger partial charge in [-0.05, 0) is 32.1 Å². The molecule has 0 aliphatic heterocycles. The molecule has 2 unspecified atom stereocenters. The third-order valence-corrected chi connectivity index (χ3v) is 3.19. The molecular weight excluding hydrogens is 192 g/mol. The zero-order valence-electron chi connectivity index (χ0n) is 9.44. The minimum absolute atomic E-state index is 0.182. The lowest BCUT2D eigenvalue weighted by atomic mass is 9.97. The highest BCUT2D eigenvalue weighted by molar-refractivity contribution is 4.67. The van der Waals surface area contributed by atoms with Gasteiger partial charge in [0.25, 0.3) is 0 Å². The van der Waals surface area contributed by atoms with E-state index in [1.54, 1.807) is 0 Å². The molecule has 1 rings (SSSR count). The van der Waals surface area contributed by atoms with Gasteiger partial charge in [0.2, 0.25) is 0 Å². The van der Waals surface area contributed by atoms with Crippen molar-refractivity contribution in [3.8, 4) is 0 Å². The lowest BCUT2D eigenvalue weighted by Crippen LogP contribution is -2.18. The molecule has 0 amide bonds. The molecule has 15 heavy (non-hydrogen) atoms. The molecule has 0 aromatic carbocycles. The van der Waals surface area contributed by atoms with Crippen LogP contribution in [0.3, 0.4) is 0 Å². The Balaban J connectivity index is 2.30. The minimum atomic E-state index is -0.364. The van der Waals surface area contributed by atoms with Crippen molar-refractivity contribution in [3.05, 3.63) is 0 Å². The maximum atomic E-state index is 9.61. The largest absolute Gasteiger partial charge is 0.393 e. The number of hydrogen-bond acceptors (Lipinski definition) is 3. The van der Waals surface area contributed by atoms with Crippen molar-refractivity contribution in [1.82, 2.24) is 0 Å². The van der Waals surface area contributed by atoms with Crippen molar-refractivity contribution in [3.63, 3.8) is 0 Å². The zero-order valence-corrected chi connectivity index (χ0v) is 9.44. The summed E-state index contributed by atoms with van der Waals surface area (Å²) in [4.78, 5) is 0. The first-order valence-electron chi connectivity index (χ1n) is 6.22. The fraction of sp³-hybridized carbons (Fsp3) is 1.00. The van der Waals surface area contributed by atoms with Crippen molar-refractivity contribution < 1.29 is 15.3 Å². The van der Waals surface area contributed by atoms with E-state index in [1.807, 2.05) is 0 Å². The molecule has 90 valence electrons. The van der Waals surface area contributed by atoms with Gasteiger partial charge < -0.3 is 15.3 Å². The van der Waals surface area contributed by atoms with Gasteiger partial charge in [0.15, 0.2) is 0 Å². The van der Waals surface area contributed by atoms with E-state index in [2.05, 4.69) is 0 Å². The molecule has 0 heterocycles. The summed E-state index contributed by atoms with van der Waals surface area (Å²) in [6.45, 7) is 0. The molecule has 0 aromatic heterocycles. The minimum Gasteiger partial charge on any atom is -0.393 e. The average molecular weight is 216 g/mol. The molecule has 1 fully saturated rings. The second-order valence-corrected chi connectivity index (χ2v) is 4.77. The maximum absolute atomic E-state index is 9.61. The van der Waals surface area contributed by atoms with Crippen LogP contribution in [0.4, 0.5) is 0 Å². The van der Waals surface area contributed by atoms with E-state index in [4.69, 9.17) is 0 Å². The quantitative estimate of drug-likeness (QED) is 0.576. The predicted octanol–water partition coefficient (Wildman–Crippen LogP) is 1.59. The Morgan fingerprint density at radius 1 is 0.533 bits per heavy atom. The van der Waals surface area contributed by atoms with Crippen LogP contribution in [0.25, 0.3) is 0 Å². The number of rotatable bonds is 0. The summed E-state index contributed by atoms with van der Waals surface area (Å²) in [6.07, 6.45) is 6.69. The van der Waals surface area contributed by atoms with Gasteiger partial charge in [0.1, 0.15) is 0 Å². The van der Waals surface area contributed by atoms with Crippen molar-refractivity contribution in [1.29, 1.82) is 0 Å². The van der Waals surface area contributed by atoms with E-state index in [0.717, 1.165) is 51.4 Å². The normalized spacial score (nSPS) is 36.6. The molecule has 0 aromatic rings. The first kappa shape index (κ1) is 12.9. The standard InChI is InChI=1S/C12H24O3/c13-10-5-1-3-7-11(14)9-12(15)8-4-2-6-10/h10-15H,1-9H2. The molecule has 2 atom stereocenters. The molecule has 3 N–H and O–H groups in total. The van der Waals surface area contributed by atoms with Crippen LogP contribution in [0, 0.1) is 0 Å². The molecule has 1 aliphatic rings. The molecule has 3 nitrogen and oxygen atoms in total. The van der Waals surface area contributed by atoms with Crippen LogP contribution in [0.2, 0.25) is 0 Å². The molecule has 0 bridgehead atoms. The second-order valence-electron chi connectivity index (χ2n) is 4.77. The lowest BCUT2D eigenvalue weighted by Gasteiger charge is -2.18. The Hall–Kier alpha value is -0.120. The first-order chi connectivity index (χ1) is 7.18. The van der Waals surface area contributed by atoms with Gasteiger partial charge >= 0.3 is 0 Å². The van der Waals surface area contributed by atoms with E-state index >= 15 is 0 Å². The Morgan fingerprint density at radius 2 is 0.867 bits per heavy atom. The van der Waals surface area contributed by atoms with Crippen LogP contribution in [0.5, 0.6) is 0 Å². The average Bonchev–Trinajstić information content (AvgIpc) is 2.18. The fourth-order valence-electron chi connectivity index (χ4n) is 2.21. The van der Waals surface area contributed by atoms with Crippen molar-refractivity contribution in [2.24, 2.45) is 0 Å². The first-order valence-corrected chi connectivity index (χ1v) is 6.22. The summed E-state index contributed by atoms with van der Waals surface area (Å²) in [5.74, 6) is 0. The van der Waals surface area contributed by atoms with Crippen molar-refractivity contribution in [2.75, 3.05) is 0 Å². The van der Waals surface area contributed by atoms with Gasteiger partial charge in [0, 0.05) is 0 Å². The predicted molar refractivity (Wildman–Crippen MR) is 59.6 cm³/mol. The van der Waals surface area contributed by atoms with Gasteiger partial charge in [0.05, 0.1) is 18.3 Å². The molecular formula is C12H24O3. The summed E-state index contributed by atoms with van der Waals surface area (Å²) in [5, 5.41) is 28.8. The second kappa shape index (κ2) is 7.20. The zero-order chi connectivity index (χ0) is 11.1. The fourth-order valence-corrected chi connectivity index (χ4v) is 2.21. The van der Waals surface area contributed by atoms with Crippen molar-refractivity contribution in [2.45, 2.75) is 76.1 Å². The lowest BCUT2D eigenvalue weighted by molar-refractivity contribution is 0.0632. The van der Waals surface area contributed by atoms with Gasteiger partial charge in [-0.15, -0.1) is 0 Å².